The van der Waals surface area contributed by atoms with Crippen LogP contribution in [0.1, 0.15) is 15.9 Å². The van der Waals surface area contributed by atoms with Crippen LogP contribution in [0.4, 0.5) is 11.4 Å². The number of rotatable bonds is 5. The van der Waals surface area contributed by atoms with Crippen molar-refractivity contribution in [2.75, 3.05) is 17.6 Å². The van der Waals surface area contributed by atoms with Crippen LogP contribution < -0.4 is 16.8 Å². The van der Waals surface area contributed by atoms with E-state index < -0.39 is 5.91 Å². The van der Waals surface area contributed by atoms with Crippen molar-refractivity contribution in [3.8, 4) is 0 Å². The Balaban J connectivity index is 2.02. The van der Waals surface area contributed by atoms with Gasteiger partial charge in [0, 0.05) is 30.3 Å². The number of benzene rings is 1. The van der Waals surface area contributed by atoms with Gasteiger partial charge >= 0.3 is 0 Å². The lowest BCUT2D eigenvalue weighted by Crippen LogP contribution is -2.16. The lowest BCUT2D eigenvalue weighted by atomic mass is 10.1. The van der Waals surface area contributed by atoms with Crippen molar-refractivity contribution >= 4 is 17.3 Å². The van der Waals surface area contributed by atoms with Gasteiger partial charge in [0.2, 0.25) is 0 Å². The van der Waals surface area contributed by atoms with Gasteiger partial charge in [0.15, 0.2) is 0 Å². The highest BCUT2D eigenvalue weighted by atomic mass is 16.1. The van der Waals surface area contributed by atoms with Crippen molar-refractivity contribution < 1.29 is 4.79 Å². The van der Waals surface area contributed by atoms with E-state index in [1.165, 1.54) is 5.56 Å². The van der Waals surface area contributed by atoms with Crippen LogP contribution in [0, 0.1) is 0 Å². The second kappa shape index (κ2) is 5.86. The molecule has 5 N–H and O–H groups in total. The molecular formula is C14H16N4O. The number of carbonyl (C=O) groups is 1. The molecule has 1 aromatic heterocycles. The van der Waals surface area contributed by atoms with Gasteiger partial charge in [0.05, 0.1) is 5.56 Å². The van der Waals surface area contributed by atoms with Gasteiger partial charge in [-0.15, -0.1) is 0 Å². The van der Waals surface area contributed by atoms with Gasteiger partial charge < -0.3 is 16.8 Å². The quantitative estimate of drug-likeness (QED) is 0.705. The van der Waals surface area contributed by atoms with Crippen LogP contribution in [0.5, 0.6) is 0 Å². The smallest absolute Gasteiger partial charge is 0.250 e. The average Bonchev–Trinajstić information content (AvgIpc) is 2.41. The number of pyridine rings is 1. The van der Waals surface area contributed by atoms with E-state index in [2.05, 4.69) is 10.3 Å². The molecule has 1 heterocycles. The molecule has 19 heavy (non-hydrogen) atoms. The number of nitrogens with one attached hydrogen (secondary N) is 1. The van der Waals surface area contributed by atoms with Crippen molar-refractivity contribution in [3.63, 3.8) is 0 Å². The minimum atomic E-state index is -0.487. The normalized spacial score (nSPS) is 10.1. The van der Waals surface area contributed by atoms with Gasteiger partial charge in [-0.2, -0.15) is 0 Å². The Morgan fingerprint density at radius 3 is 2.63 bits per heavy atom. The summed E-state index contributed by atoms with van der Waals surface area (Å²) in [5.74, 6) is -0.487. The summed E-state index contributed by atoms with van der Waals surface area (Å²) >= 11 is 0. The van der Waals surface area contributed by atoms with Crippen LogP contribution in [-0.4, -0.2) is 17.4 Å². The number of hydrogen-bond acceptors (Lipinski definition) is 4. The Kier molecular flexibility index (Phi) is 3.97. The second-order valence-corrected chi connectivity index (χ2v) is 4.20. The van der Waals surface area contributed by atoms with Gasteiger partial charge in [-0.05, 0) is 42.3 Å². The highest BCUT2D eigenvalue weighted by Gasteiger charge is 2.07. The number of nitrogen functional groups attached to an aromatic ring is 1. The summed E-state index contributed by atoms with van der Waals surface area (Å²) < 4.78 is 0. The van der Waals surface area contributed by atoms with Gasteiger partial charge in [-0.1, -0.05) is 0 Å². The highest BCUT2D eigenvalue weighted by molar-refractivity contribution is 5.99. The van der Waals surface area contributed by atoms with Crippen molar-refractivity contribution in [1.29, 1.82) is 0 Å². The van der Waals surface area contributed by atoms with Gasteiger partial charge in [0.1, 0.15) is 0 Å². The number of aromatic nitrogens is 1. The number of hydrogen-bond donors (Lipinski definition) is 3. The Morgan fingerprint density at radius 2 is 1.95 bits per heavy atom. The maximum atomic E-state index is 11.3. The number of nitrogens with two attached hydrogens (primary N) is 2. The van der Waals surface area contributed by atoms with Crippen LogP contribution in [0.3, 0.4) is 0 Å². The number of primary amides is 1. The molecule has 5 heteroatoms. The molecule has 98 valence electrons. The number of nitrogens with zero attached hydrogens (tertiary/aromatic N) is 1. The average molecular weight is 256 g/mol. The monoisotopic (exact) mass is 256 g/mol. The summed E-state index contributed by atoms with van der Waals surface area (Å²) in [6.45, 7) is 0.703. The SMILES string of the molecule is NC(=O)c1cc(N)ccc1NCCc1ccncc1. The molecule has 0 atom stereocenters. The van der Waals surface area contributed by atoms with E-state index in [4.69, 9.17) is 11.5 Å². The highest BCUT2D eigenvalue weighted by Crippen LogP contribution is 2.18. The molecule has 1 amide bonds. The van der Waals surface area contributed by atoms with E-state index in [0.29, 0.717) is 23.5 Å². The first-order valence-corrected chi connectivity index (χ1v) is 5.99. The van der Waals surface area contributed by atoms with E-state index in [1.54, 1.807) is 30.6 Å². The van der Waals surface area contributed by atoms with Crippen molar-refractivity contribution in [2.24, 2.45) is 5.73 Å². The lowest BCUT2D eigenvalue weighted by molar-refractivity contribution is 0.100. The van der Waals surface area contributed by atoms with Gasteiger partial charge in [0.25, 0.3) is 5.91 Å². The van der Waals surface area contributed by atoms with Crippen molar-refractivity contribution in [1.82, 2.24) is 4.98 Å². The molecule has 0 aliphatic heterocycles. The summed E-state index contributed by atoms with van der Waals surface area (Å²) in [5, 5.41) is 3.19. The predicted octanol–water partition coefficient (Wildman–Crippen LogP) is 1.42. The molecule has 0 aliphatic rings. The van der Waals surface area contributed by atoms with E-state index in [0.717, 1.165) is 6.42 Å². The molecule has 0 aliphatic carbocycles. The standard InChI is InChI=1S/C14H16N4O/c15-11-1-2-13(12(9-11)14(16)19)18-8-5-10-3-6-17-7-4-10/h1-4,6-7,9,18H,5,8,15H2,(H2,16,19). The molecule has 2 aromatic rings. The topological polar surface area (TPSA) is 94.0 Å². The Labute approximate surface area is 111 Å². The first-order chi connectivity index (χ1) is 9.16. The fourth-order valence-electron chi connectivity index (χ4n) is 1.81. The molecule has 0 saturated carbocycles. The molecule has 1 aromatic carbocycles. The van der Waals surface area contributed by atoms with Crippen LogP contribution in [0.25, 0.3) is 0 Å². The van der Waals surface area contributed by atoms with Crippen LogP contribution >= 0.6 is 0 Å². The zero-order chi connectivity index (χ0) is 13.7. The van der Waals surface area contributed by atoms with Crippen LogP contribution in [0.2, 0.25) is 0 Å². The van der Waals surface area contributed by atoms with Crippen LogP contribution in [-0.2, 0) is 6.42 Å². The summed E-state index contributed by atoms with van der Waals surface area (Å²) in [5.41, 5.74) is 13.8. The molecule has 0 spiro atoms. The third-order valence-electron chi connectivity index (χ3n) is 2.79. The molecule has 0 bridgehead atoms. The second-order valence-electron chi connectivity index (χ2n) is 4.20. The number of anilines is 2. The van der Waals surface area contributed by atoms with Gasteiger partial charge in [-0.25, -0.2) is 0 Å². The van der Waals surface area contributed by atoms with E-state index in [-0.39, 0.29) is 0 Å². The maximum absolute atomic E-state index is 11.3. The van der Waals surface area contributed by atoms with Crippen LogP contribution in [0.15, 0.2) is 42.7 Å². The molecule has 0 radical (unpaired) electrons. The van der Waals surface area contributed by atoms with E-state index >= 15 is 0 Å². The minimum Gasteiger partial charge on any atom is -0.399 e. The fourth-order valence-corrected chi connectivity index (χ4v) is 1.81. The number of carbonyl (C=O) groups excluding carboxylic acids is 1. The largest absolute Gasteiger partial charge is 0.399 e. The molecule has 0 unspecified atom stereocenters. The van der Waals surface area contributed by atoms with E-state index in [1.807, 2.05) is 12.1 Å². The van der Waals surface area contributed by atoms with Gasteiger partial charge in [-0.3, -0.25) is 9.78 Å². The predicted molar refractivity (Wildman–Crippen MR) is 75.8 cm³/mol. The minimum absolute atomic E-state index is 0.412. The zero-order valence-corrected chi connectivity index (χ0v) is 10.5. The first-order valence-electron chi connectivity index (χ1n) is 5.99. The Morgan fingerprint density at radius 1 is 1.21 bits per heavy atom. The molecular weight excluding hydrogens is 240 g/mol. The summed E-state index contributed by atoms with van der Waals surface area (Å²) in [6.07, 6.45) is 4.35. The summed E-state index contributed by atoms with van der Waals surface area (Å²) in [4.78, 5) is 15.3. The van der Waals surface area contributed by atoms with Crippen molar-refractivity contribution in [3.05, 3.63) is 53.9 Å². The fraction of sp³-hybridized carbons (Fsp3) is 0.143. The molecule has 5 nitrogen and oxygen atoms in total. The summed E-state index contributed by atoms with van der Waals surface area (Å²) in [6, 6.07) is 9.00. The zero-order valence-electron chi connectivity index (χ0n) is 10.5. The third-order valence-corrected chi connectivity index (χ3v) is 2.79. The molecule has 0 fully saturated rings. The third kappa shape index (κ3) is 3.45. The Hall–Kier alpha value is -2.56. The first kappa shape index (κ1) is 12.9. The van der Waals surface area contributed by atoms with E-state index in [9.17, 15) is 4.79 Å². The van der Waals surface area contributed by atoms with Crippen molar-refractivity contribution in [2.45, 2.75) is 6.42 Å². The Bertz CT molecular complexity index is 569. The summed E-state index contributed by atoms with van der Waals surface area (Å²) in [7, 11) is 0. The molecule has 0 saturated heterocycles. The lowest BCUT2D eigenvalue weighted by Gasteiger charge is -2.10. The maximum Gasteiger partial charge on any atom is 0.250 e. The number of amides is 1. The molecule has 2 rings (SSSR count).